The van der Waals surface area contributed by atoms with E-state index >= 15 is 0 Å². The van der Waals surface area contributed by atoms with Crippen LogP contribution in [-0.4, -0.2) is 37.9 Å². The maximum atomic E-state index is 13.2. The number of anilines is 1. The molecule has 0 unspecified atom stereocenters. The van der Waals surface area contributed by atoms with E-state index in [0.29, 0.717) is 11.3 Å². The van der Waals surface area contributed by atoms with E-state index in [1.54, 1.807) is 19.2 Å². The van der Waals surface area contributed by atoms with Crippen molar-refractivity contribution >= 4 is 28.6 Å². The first-order chi connectivity index (χ1) is 15.9. The molecular weight excluding hydrogens is 426 g/mol. The zero-order valence-electron chi connectivity index (χ0n) is 18.0. The molecule has 1 N–H and O–H groups in total. The number of ether oxygens (including phenoxy) is 1. The van der Waals surface area contributed by atoms with Crippen molar-refractivity contribution in [2.75, 3.05) is 12.4 Å². The van der Waals surface area contributed by atoms with Gasteiger partial charge in [-0.2, -0.15) is 5.10 Å². The number of carbonyl (C=O) groups excluding carboxylic acids is 2. The molecule has 0 radical (unpaired) electrons. The van der Waals surface area contributed by atoms with Crippen molar-refractivity contribution < 1.29 is 14.3 Å². The number of carbonyl (C=O) groups is 2. The van der Waals surface area contributed by atoms with Crippen LogP contribution in [0.2, 0.25) is 0 Å². The molecule has 0 bridgehead atoms. The second kappa shape index (κ2) is 8.95. The van der Waals surface area contributed by atoms with E-state index in [4.69, 9.17) is 0 Å². The van der Waals surface area contributed by atoms with E-state index in [1.807, 2.05) is 30.3 Å². The van der Waals surface area contributed by atoms with Gasteiger partial charge in [0.2, 0.25) is 5.91 Å². The summed E-state index contributed by atoms with van der Waals surface area (Å²) in [6, 6.07) is 15.3. The first-order valence-electron chi connectivity index (χ1n) is 10.1. The van der Waals surface area contributed by atoms with Gasteiger partial charge in [-0.05, 0) is 29.8 Å². The van der Waals surface area contributed by atoms with Gasteiger partial charge in [-0.3, -0.25) is 23.4 Å². The summed E-state index contributed by atoms with van der Waals surface area (Å²) < 4.78 is 8.38. The fourth-order valence-electron chi connectivity index (χ4n) is 3.50. The molecule has 2 aromatic carbocycles. The summed E-state index contributed by atoms with van der Waals surface area (Å²) in [6.45, 7) is -0.267. The van der Waals surface area contributed by atoms with Crippen LogP contribution < -0.4 is 16.6 Å². The Bertz CT molecular complexity index is 1450. The monoisotopic (exact) mass is 447 g/mol. The van der Waals surface area contributed by atoms with Crippen molar-refractivity contribution in [2.24, 2.45) is 7.05 Å². The highest BCUT2D eigenvalue weighted by atomic mass is 16.5. The Labute approximate surface area is 187 Å². The van der Waals surface area contributed by atoms with E-state index in [9.17, 15) is 19.2 Å². The number of fused-ring (bicyclic) bond motifs is 1. The number of hydrogen-bond acceptors (Lipinski definition) is 6. The van der Waals surface area contributed by atoms with Crippen molar-refractivity contribution in [3.8, 4) is 0 Å². The Morgan fingerprint density at radius 2 is 1.70 bits per heavy atom. The highest BCUT2D eigenvalue weighted by molar-refractivity contribution is 5.93. The van der Waals surface area contributed by atoms with Gasteiger partial charge in [0, 0.05) is 18.9 Å². The summed E-state index contributed by atoms with van der Waals surface area (Å²) in [6.07, 6.45) is 1.53. The molecule has 0 atom stereocenters. The topological polar surface area (TPSA) is 117 Å². The molecule has 0 saturated carbocycles. The number of nitrogens with zero attached hydrogens (tertiary/aromatic N) is 4. The molecule has 1 amide bonds. The number of benzene rings is 2. The van der Waals surface area contributed by atoms with Crippen molar-refractivity contribution in [3.63, 3.8) is 0 Å². The summed E-state index contributed by atoms with van der Waals surface area (Å²) in [5, 5.41) is 6.88. The van der Waals surface area contributed by atoms with E-state index < -0.39 is 23.1 Å². The lowest BCUT2D eigenvalue weighted by molar-refractivity contribution is -0.116. The predicted octanol–water partition coefficient (Wildman–Crippen LogP) is 1.37. The van der Waals surface area contributed by atoms with Crippen LogP contribution in [0.5, 0.6) is 0 Å². The summed E-state index contributed by atoms with van der Waals surface area (Å²) in [4.78, 5) is 50.5. The van der Waals surface area contributed by atoms with Crippen LogP contribution in [0.25, 0.3) is 11.0 Å². The normalized spacial score (nSPS) is 10.8. The van der Waals surface area contributed by atoms with E-state index in [0.717, 1.165) is 10.1 Å². The lowest BCUT2D eigenvalue weighted by Crippen LogP contribution is -2.41. The van der Waals surface area contributed by atoms with Crippen LogP contribution in [0.3, 0.4) is 0 Å². The smallest absolute Gasteiger partial charge is 0.337 e. The van der Waals surface area contributed by atoms with Crippen molar-refractivity contribution in [3.05, 3.63) is 92.8 Å². The molecular formula is C23H21N5O5. The van der Waals surface area contributed by atoms with Gasteiger partial charge in [-0.15, -0.1) is 0 Å². The standard InChI is InChI=1S/C23H21N5O5/c1-26-13-18-20(25-26)21(30)28(12-15-6-4-3-5-7-15)23(32)27(18)14-19(29)24-17-10-8-16(9-11-17)22(31)33-2/h3-11,13H,12,14H2,1-2H3,(H,24,29). The van der Waals surface area contributed by atoms with Crippen LogP contribution in [0, 0.1) is 0 Å². The number of amides is 1. The van der Waals surface area contributed by atoms with Crippen LogP contribution >= 0.6 is 0 Å². The second-order valence-electron chi connectivity index (χ2n) is 7.40. The molecule has 2 aromatic heterocycles. The Morgan fingerprint density at radius 3 is 2.36 bits per heavy atom. The third-order valence-corrected chi connectivity index (χ3v) is 5.08. The Kier molecular flexibility index (Phi) is 5.90. The number of aryl methyl sites for hydroxylation is 1. The number of aromatic nitrogens is 4. The summed E-state index contributed by atoms with van der Waals surface area (Å²) >= 11 is 0. The molecule has 0 spiro atoms. The van der Waals surface area contributed by atoms with E-state index in [2.05, 4.69) is 15.2 Å². The molecule has 0 aliphatic carbocycles. The molecule has 0 aliphatic rings. The van der Waals surface area contributed by atoms with Gasteiger partial charge in [-0.1, -0.05) is 30.3 Å². The zero-order valence-corrected chi connectivity index (χ0v) is 18.0. The molecule has 10 heteroatoms. The maximum Gasteiger partial charge on any atom is 0.337 e. The third-order valence-electron chi connectivity index (χ3n) is 5.08. The quantitative estimate of drug-likeness (QED) is 0.446. The largest absolute Gasteiger partial charge is 0.465 e. The minimum absolute atomic E-state index is 0.0572. The first kappa shape index (κ1) is 21.8. The SMILES string of the molecule is COC(=O)c1ccc(NC(=O)Cn2c(=O)n(Cc3ccccc3)c(=O)c3nn(C)cc32)cc1. The maximum absolute atomic E-state index is 13.2. The molecule has 4 rings (SSSR count). The van der Waals surface area contributed by atoms with Gasteiger partial charge in [0.15, 0.2) is 5.52 Å². The minimum atomic E-state index is -0.611. The Morgan fingerprint density at radius 1 is 1.00 bits per heavy atom. The molecule has 0 saturated heterocycles. The van der Waals surface area contributed by atoms with Crippen LogP contribution in [0.4, 0.5) is 5.69 Å². The number of rotatable bonds is 6. The predicted molar refractivity (Wildman–Crippen MR) is 121 cm³/mol. The average Bonchev–Trinajstić information content (AvgIpc) is 3.22. The summed E-state index contributed by atoms with van der Waals surface area (Å²) in [5.74, 6) is -0.961. The lowest BCUT2D eigenvalue weighted by Gasteiger charge is -2.12. The molecule has 4 aromatic rings. The van der Waals surface area contributed by atoms with Crippen molar-refractivity contribution in [2.45, 2.75) is 13.1 Å². The number of nitrogens with one attached hydrogen (secondary N) is 1. The Balaban J connectivity index is 1.66. The number of hydrogen-bond donors (Lipinski definition) is 1. The molecule has 10 nitrogen and oxygen atoms in total. The fraction of sp³-hybridized carbons (Fsp3) is 0.174. The minimum Gasteiger partial charge on any atom is -0.465 e. The zero-order chi connectivity index (χ0) is 23.5. The Hall–Kier alpha value is -4.47. The second-order valence-corrected chi connectivity index (χ2v) is 7.40. The first-order valence-corrected chi connectivity index (χ1v) is 10.1. The van der Waals surface area contributed by atoms with Crippen molar-refractivity contribution in [1.82, 2.24) is 18.9 Å². The molecule has 2 heterocycles. The number of esters is 1. The van der Waals surface area contributed by atoms with Gasteiger partial charge >= 0.3 is 11.7 Å². The summed E-state index contributed by atoms with van der Waals surface area (Å²) in [7, 11) is 2.92. The molecule has 168 valence electrons. The number of methoxy groups -OCH3 is 1. The van der Waals surface area contributed by atoms with Gasteiger partial charge in [-0.25, -0.2) is 9.59 Å². The van der Waals surface area contributed by atoms with Gasteiger partial charge < -0.3 is 10.1 Å². The molecule has 0 aliphatic heterocycles. The lowest BCUT2D eigenvalue weighted by atomic mass is 10.2. The molecule has 33 heavy (non-hydrogen) atoms. The van der Waals surface area contributed by atoms with E-state index in [-0.39, 0.29) is 24.1 Å². The average molecular weight is 447 g/mol. The third kappa shape index (κ3) is 4.45. The van der Waals surface area contributed by atoms with Crippen LogP contribution in [0.15, 0.2) is 70.4 Å². The van der Waals surface area contributed by atoms with Crippen LogP contribution in [0.1, 0.15) is 15.9 Å². The molecule has 0 fully saturated rings. The van der Waals surface area contributed by atoms with E-state index in [1.165, 1.54) is 34.7 Å². The van der Waals surface area contributed by atoms with Gasteiger partial charge in [0.1, 0.15) is 6.54 Å². The van der Waals surface area contributed by atoms with Crippen molar-refractivity contribution in [1.29, 1.82) is 0 Å². The van der Waals surface area contributed by atoms with Crippen LogP contribution in [-0.2, 0) is 29.7 Å². The highest BCUT2D eigenvalue weighted by Gasteiger charge is 2.18. The van der Waals surface area contributed by atoms with Gasteiger partial charge in [0.05, 0.1) is 24.7 Å². The fourth-order valence-corrected chi connectivity index (χ4v) is 3.50. The highest BCUT2D eigenvalue weighted by Crippen LogP contribution is 2.12. The summed E-state index contributed by atoms with van der Waals surface area (Å²) in [5.41, 5.74) is 0.803. The van der Waals surface area contributed by atoms with Gasteiger partial charge in [0.25, 0.3) is 5.56 Å².